The zero-order valence-corrected chi connectivity index (χ0v) is 13.0. The molecule has 0 bridgehead atoms. The summed E-state index contributed by atoms with van der Waals surface area (Å²) >= 11 is 0. The summed E-state index contributed by atoms with van der Waals surface area (Å²) in [6.07, 6.45) is 0. The van der Waals surface area contributed by atoms with Gasteiger partial charge in [-0.2, -0.15) is 10.2 Å². The maximum atomic E-state index is 10.9. The Bertz CT molecular complexity index is 856. The Morgan fingerprint density at radius 2 is 1.54 bits per heavy atom. The minimum absolute atomic E-state index is 0.207. The van der Waals surface area contributed by atoms with Gasteiger partial charge in [0.15, 0.2) is 0 Å². The number of benzene rings is 3. The number of aromatic carboxylic acids is 1. The first kappa shape index (κ1) is 15.6. The molecule has 24 heavy (non-hydrogen) atoms. The number of carboxylic acid groups (broad SMARTS) is 1. The van der Waals surface area contributed by atoms with Crippen LogP contribution in [0.2, 0.25) is 0 Å². The number of nitrogens with zero attached hydrogens (tertiary/aromatic N) is 2. The first-order valence-corrected chi connectivity index (χ1v) is 7.57. The molecule has 3 aromatic rings. The summed E-state index contributed by atoms with van der Waals surface area (Å²) < 4.78 is 0. The van der Waals surface area contributed by atoms with Gasteiger partial charge in [-0.25, -0.2) is 4.79 Å². The van der Waals surface area contributed by atoms with Gasteiger partial charge in [0.2, 0.25) is 0 Å². The van der Waals surface area contributed by atoms with E-state index in [1.807, 2.05) is 30.3 Å². The van der Waals surface area contributed by atoms with Crippen LogP contribution in [0.25, 0.3) is 11.1 Å². The molecule has 0 amide bonds. The molecular formula is C20H16N2O2. The normalized spacial score (nSPS) is 10.8. The number of carbonyl (C=O) groups is 1. The van der Waals surface area contributed by atoms with Crippen molar-refractivity contribution in [1.82, 2.24) is 0 Å². The molecule has 0 saturated heterocycles. The molecule has 0 aliphatic heterocycles. The lowest BCUT2D eigenvalue weighted by atomic mass is 10.0. The number of hydrogen-bond donors (Lipinski definition) is 1. The van der Waals surface area contributed by atoms with E-state index in [9.17, 15) is 4.79 Å². The van der Waals surface area contributed by atoms with Crippen LogP contribution in [0.1, 0.15) is 15.9 Å². The predicted octanol–water partition coefficient (Wildman–Crippen LogP) is 5.34. The van der Waals surface area contributed by atoms with Crippen molar-refractivity contribution in [2.24, 2.45) is 10.2 Å². The average Bonchev–Trinajstić information content (AvgIpc) is 2.63. The van der Waals surface area contributed by atoms with E-state index in [2.05, 4.69) is 34.5 Å². The molecule has 0 aliphatic rings. The third-order valence-corrected chi connectivity index (χ3v) is 3.59. The van der Waals surface area contributed by atoms with Crippen LogP contribution < -0.4 is 0 Å². The summed E-state index contributed by atoms with van der Waals surface area (Å²) in [5.41, 5.74) is 4.13. The van der Waals surface area contributed by atoms with E-state index in [0.29, 0.717) is 12.2 Å². The molecular weight excluding hydrogens is 300 g/mol. The van der Waals surface area contributed by atoms with Gasteiger partial charge in [0, 0.05) is 0 Å². The fourth-order valence-corrected chi connectivity index (χ4v) is 2.33. The molecule has 1 N–H and O–H groups in total. The molecule has 0 atom stereocenters. The molecule has 0 saturated carbocycles. The summed E-state index contributed by atoms with van der Waals surface area (Å²) in [5.74, 6) is -0.969. The van der Waals surface area contributed by atoms with Gasteiger partial charge in [-0.15, -0.1) is 0 Å². The van der Waals surface area contributed by atoms with Crippen molar-refractivity contribution in [3.8, 4) is 11.1 Å². The van der Waals surface area contributed by atoms with Gasteiger partial charge >= 0.3 is 5.97 Å². The van der Waals surface area contributed by atoms with Crippen molar-refractivity contribution >= 4 is 11.7 Å². The van der Waals surface area contributed by atoms with E-state index in [-0.39, 0.29) is 5.56 Å². The van der Waals surface area contributed by atoms with Crippen molar-refractivity contribution in [3.05, 3.63) is 90.0 Å². The summed E-state index contributed by atoms with van der Waals surface area (Å²) in [5, 5.41) is 17.2. The zero-order valence-electron chi connectivity index (χ0n) is 13.0. The van der Waals surface area contributed by atoms with E-state index in [4.69, 9.17) is 5.11 Å². The van der Waals surface area contributed by atoms with Crippen LogP contribution in [0.15, 0.2) is 89.1 Å². The van der Waals surface area contributed by atoms with E-state index in [0.717, 1.165) is 11.1 Å². The predicted molar refractivity (Wildman–Crippen MR) is 93.5 cm³/mol. The van der Waals surface area contributed by atoms with Gasteiger partial charge in [0.1, 0.15) is 0 Å². The third kappa shape index (κ3) is 3.93. The second-order valence-electron chi connectivity index (χ2n) is 5.32. The SMILES string of the molecule is O=C(O)c1cccc(N=NCc2ccc(-c3ccccc3)cc2)c1. The van der Waals surface area contributed by atoms with Crippen LogP contribution >= 0.6 is 0 Å². The first-order chi connectivity index (χ1) is 11.7. The number of azo groups is 1. The van der Waals surface area contributed by atoms with Crippen molar-refractivity contribution in [2.45, 2.75) is 6.54 Å². The fraction of sp³-hybridized carbons (Fsp3) is 0.0500. The van der Waals surface area contributed by atoms with Gasteiger partial charge in [-0.1, -0.05) is 60.7 Å². The molecule has 3 rings (SSSR count). The molecule has 118 valence electrons. The summed E-state index contributed by atoms with van der Waals surface area (Å²) in [7, 11) is 0. The van der Waals surface area contributed by atoms with E-state index in [1.165, 1.54) is 17.7 Å². The van der Waals surface area contributed by atoms with E-state index in [1.54, 1.807) is 12.1 Å². The Hall–Kier alpha value is -3.27. The maximum Gasteiger partial charge on any atom is 0.335 e. The van der Waals surface area contributed by atoms with E-state index < -0.39 is 5.97 Å². The summed E-state index contributed by atoms with van der Waals surface area (Å²) in [6.45, 7) is 0.451. The second-order valence-corrected chi connectivity index (χ2v) is 5.32. The zero-order chi connectivity index (χ0) is 16.8. The molecule has 4 heteroatoms. The van der Waals surface area contributed by atoms with Crippen LogP contribution in [0.5, 0.6) is 0 Å². The Morgan fingerprint density at radius 1 is 0.833 bits per heavy atom. The summed E-state index contributed by atoms with van der Waals surface area (Å²) in [6, 6.07) is 24.8. The summed E-state index contributed by atoms with van der Waals surface area (Å²) in [4.78, 5) is 10.9. The van der Waals surface area contributed by atoms with Gasteiger partial charge < -0.3 is 5.11 Å². The van der Waals surface area contributed by atoms with Crippen molar-refractivity contribution < 1.29 is 9.90 Å². The Morgan fingerprint density at radius 3 is 2.25 bits per heavy atom. The standard InChI is InChI=1S/C20H16N2O2/c23-20(24)18-7-4-8-19(13-18)22-21-14-15-9-11-17(12-10-15)16-5-2-1-3-6-16/h1-13H,14H2,(H,23,24). The Balaban J connectivity index is 1.66. The van der Waals surface area contributed by atoms with Gasteiger partial charge in [-0.3, -0.25) is 0 Å². The molecule has 0 unspecified atom stereocenters. The first-order valence-electron chi connectivity index (χ1n) is 7.57. The highest BCUT2D eigenvalue weighted by Crippen LogP contribution is 2.20. The van der Waals surface area contributed by atoms with Crippen molar-refractivity contribution in [1.29, 1.82) is 0 Å². The van der Waals surface area contributed by atoms with Crippen molar-refractivity contribution in [2.75, 3.05) is 0 Å². The van der Waals surface area contributed by atoms with Gasteiger partial charge in [0.05, 0.1) is 17.8 Å². The number of rotatable bonds is 5. The van der Waals surface area contributed by atoms with Crippen LogP contribution in [-0.2, 0) is 6.54 Å². The molecule has 0 radical (unpaired) electrons. The van der Waals surface area contributed by atoms with Crippen LogP contribution in [-0.4, -0.2) is 11.1 Å². The maximum absolute atomic E-state index is 10.9. The van der Waals surface area contributed by atoms with Crippen molar-refractivity contribution in [3.63, 3.8) is 0 Å². The smallest absolute Gasteiger partial charge is 0.335 e. The van der Waals surface area contributed by atoms with E-state index >= 15 is 0 Å². The molecule has 4 nitrogen and oxygen atoms in total. The minimum atomic E-state index is -0.969. The lowest BCUT2D eigenvalue weighted by Gasteiger charge is -2.02. The number of hydrogen-bond acceptors (Lipinski definition) is 3. The topological polar surface area (TPSA) is 62.0 Å². The third-order valence-electron chi connectivity index (χ3n) is 3.59. The molecule has 0 fully saturated rings. The molecule has 0 aliphatic carbocycles. The molecule has 3 aromatic carbocycles. The second kappa shape index (κ2) is 7.33. The Kier molecular flexibility index (Phi) is 4.77. The van der Waals surface area contributed by atoms with Gasteiger partial charge in [0.25, 0.3) is 0 Å². The number of carboxylic acids is 1. The highest BCUT2D eigenvalue weighted by atomic mass is 16.4. The van der Waals surface area contributed by atoms with Crippen LogP contribution in [0.3, 0.4) is 0 Å². The highest BCUT2D eigenvalue weighted by molar-refractivity contribution is 5.88. The monoisotopic (exact) mass is 316 g/mol. The molecule has 0 spiro atoms. The average molecular weight is 316 g/mol. The Labute approximate surface area is 140 Å². The fourth-order valence-electron chi connectivity index (χ4n) is 2.33. The quantitative estimate of drug-likeness (QED) is 0.646. The van der Waals surface area contributed by atoms with Gasteiger partial charge in [-0.05, 0) is 34.9 Å². The van der Waals surface area contributed by atoms with Crippen LogP contribution in [0.4, 0.5) is 5.69 Å². The minimum Gasteiger partial charge on any atom is -0.478 e. The lowest BCUT2D eigenvalue weighted by molar-refractivity contribution is 0.0697. The molecule has 0 heterocycles. The van der Waals surface area contributed by atoms with Crippen LogP contribution in [0, 0.1) is 0 Å². The largest absolute Gasteiger partial charge is 0.478 e. The lowest BCUT2D eigenvalue weighted by Crippen LogP contribution is -1.94. The molecule has 0 aromatic heterocycles. The highest BCUT2D eigenvalue weighted by Gasteiger charge is 2.02.